The molecule has 0 aliphatic carbocycles. The van der Waals surface area contributed by atoms with E-state index in [4.69, 9.17) is 15.2 Å². The van der Waals surface area contributed by atoms with E-state index in [0.29, 0.717) is 11.4 Å². The van der Waals surface area contributed by atoms with E-state index in [-0.39, 0.29) is 6.04 Å². The van der Waals surface area contributed by atoms with Crippen LogP contribution in [0.25, 0.3) is 0 Å². The molecule has 0 aliphatic heterocycles. The molecule has 19 heavy (non-hydrogen) atoms. The van der Waals surface area contributed by atoms with Crippen molar-refractivity contribution in [1.82, 2.24) is 4.98 Å². The Morgan fingerprint density at radius 3 is 2.53 bits per heavy atom. The summed E-state index contributed by atoms with van der Waals surface area (Å²) in [4.78, 5) is 4.33. The van der Waals surface area contributed by atoms with Gasteiger partial charge in [0, 0.05) is 11.8 Å². The van der Waals surface area contributed by atoms with Crippen molar-refractivity contribution in [1.29, 1.82) is 0 Å². The summed E-state index contributed by atoms with van der Waals surface area (Å²) in [7, 11) is 3.25. The Kier molecular flexibility index (Phi) is 4.02. The Bertz CT molecular complexity index is 570. The van der Waals surface area contributed by atoms with Crippen LogP contribution in [0.15, 0.2) is 36.5 Å². The molecule has 1 heterocycles. The van der Waals surface area contributed by atoms with Crippen molar-refractivity contribution in [3.63, 3.8) is 0 Å². The number of hydrogen-bond donors (Lipinski definition) is 1. The summed E-state index contributed by atoms with van der Waals surface area (Å²) < 4.78 is 10.7. The van der Waals surface area contributed by atoms with Gasteiger partial charge in [0.05, 0.1) is 20.3 Å². The standard InChI is InChI=1S/C15H18N2O2/c1-10-6-7-12(18-2)11(9-10)14(16)15-13(19-3)5-4-8-17-15/h4-9,14H,16H2,1-3H3. The highest BCUT2D eigenvalue weighted by Crippen LogP contribution is 2.32. The lowest BCUT2D eigenvalue weighted by Crippen LogP contribution is -2.16. The van der Waals surface area contributed by atoms with Gasteiger partial charge in [-0.25, -0.2) is 0 Å². The molecule has 2 N–H and O–H groups in total. The van der Waals surface area contributed by atoms with Gasteiger partial charge in [-0.1, -0.05) is 17.7 Å². The van der Waals surface area contributed by atoms with Crippen LogP contribution in [0.1, 0.15) is 22.9 Å². The van der Waals surface area contributed by atoms with Crippen LogP contribution in [-0.2, 0) is 0 Å². The molecule has 0 radical (unpaired) electrons. The van der Waals surface area contributed by atoms with E-state index in [1.807, 2.05) is 37.3 Å². The average molecular weight is 258 g/mol. The van der Waals surface area contributed by atoms with Crippen molar-refractivity contribution >= 4 is 0 Å². The van der Waals surface area contributed by atoms with Gasteiger partial charge < -0.3 is 15.2 Å². The largest absolute Gasteiger partial charge is 0.496 e. The number of pyridine rings is 1. The first kappa shape index (κ1) is 13.4. The minimum absolute atomic E-state index is 0.383. The van der Waals surface area contributed by atoms with Crippen LogP contribution >= 0.6 is 0 Å². The molecule has 0 saturated carbocycles. The summed E-state index contributed by atoms with van der Waals surface area (Å²) in [6.45, 7) is 2.02. The molecule has 0 aliphatic rings. The van der Waals surface area contributed by atoms with Crippen LogP contribution in [0.3, 0.4) is 0 Å². The molecule has 2 aromatic rings. The summed E-state index contributed by atoms with van der Waals surface area (Å²) in [5.74, 6) is 1.43. The van der Waals surface area contributed by atoms with Crippen molar-refractivity contribution in [3.8, 4) is 11.5 Å². The molecule has 0 bridgehead atoms. The van der Waals surface area contributed by atoms with Gasteiger partial charge in [-0.2, -0.15) is 0 Å². The number of aromatic nitrogens is 1. The molecule has 2 rings (SSSR count). The third-order valence-corrected chi connectivity index (χ3v) is 3.03. The van der Waals surface area contributed by atoms with E-state index in [1.165, 1.54) is 0 Å². The zero-order valence-corrected chi connectivity index (χ0v) is 11.4. The predicted molar refractivity (Wildman–Crippen MR) is 74.6 cm³/mol. The maximum absolute atomic E-state index is 6.32. The lowest BCUT2D eigenvalue weighted by atomic mass is 10.00. The lowest BCUT2D eigenvalue weighted by Gasteiger charge is -2.18. The molecule has 1 aromatic carbocycles. The normalized spacial score (nSPS) is 12.0. The highest BCUT2D eigenvalue weighted by atomic mass is 16.5. The van der Waals surface area contributed by atoms with Gasteiger partial charge in [0.15, 0.2) is 0 Å². The van der Waals surface area contributed by atoms with E-state index in [9.17, 15) is 0 Å². The van der Waals surface area contributed by atoms with Gasteiger partial charge in [-0.05, 0) is 25.1 Å². The Morgan fingerprint density at radius 1 is 1.11 bits per heavy atom. The van der Waals surface area contributed by atoms with E-state index >= 15 is 0 Å². The number of hydrogen-bond acceptors (Lipinski definition) is 4. The minimum atomic E-state index is -0.383. The number of methoxy groups -OCH3 is 2. The van der Waals surface area contributed by atoms with E-state index in [0.717, 1.165) is 16.9 Å². The van der Waals surface area contributed by atoms with Crippen molar-refractivity contribution in [2.75, 3.05) is 14.2 Å². The van der Waals surface area contributed by atoms with Gasteiger partial charge in [-0.15, -0.1) is 0 Å². The van der Waals surface area contributed by atoms with E-state index in [1.54, 1.807) is 20.4 Å². The summed E-state index contributed by atoms with van der Waals surface area (Å²) >= 11 is 0. The lowest BCUT2D eigenvalue weighted by molar-refractivity contribution is 0.397. The Hall–Kier alpha value is -2.07. The first-order chi connectivity index (χ1) is 9.17. The molecule has 4 nitrogen and oxygen atoms in total. The van der Waals surface area contributed by atoms with Crippen LogP contribution in [0, 0.1) is 6.92 Å². The number of ether oxygens (including phenoxy) is 2. The SMILES string of the molecule is COc1ccc(C)cc1C(N)c1ncccc1OC. The topological polar surface area (TPSA) is 57.4 Å². The smallest absolute Gasteiger partial charge is 0.142 e. The van der Waals surface area contributed by atoms with Gasteiger partial charge in [0.2, 0.25) is 0 Å². The molecular formula is C15H18N2O2. The summed E-state index contributed by atoms with van der Waals surface area (Å²) in [5.41, 5.74) is 9.05. The van der Waals surface area contributed by atoms with Crippen molar-refractivity contribution in [2.45, 2.75) is 13.0 Å². The number of aryl methyl sites for hydroxylation is 1. The van der Waals surface area contributed by atoms with Gasteiger partial charge in [0.1, 0.15) is 17.2 Å². The second-order valence-corrected chi connectivity index (χ2v) is 4.31. The predicted octanol–water partition coefficient (Wildman–Crippen LogP) is 2.46. The molecular weight excluding hydrogens is 240 g/mol. The number of rotatable bonds is 4. The first-order valence-electron chi connectivity index (χ1n) is 6.06. The van der Waals surface area contributed by atoms with Crippen LogP contribution in [-0.4, -0.2) is 19.2 Å². The zero-order valence-electron chi connectivity index (χ0n) is 11.4. The quantitative estimate of drug-likeness (QED) is 0.915. The molecule has 1 aromatic heterocycles. The first-order valence-corrected chi connectivity index (χ1v) is 6.06. The summed E-state index contributed by atoms with van der Waals surface area (Å²) in [6.07, 6.45) is 1.71. The van der Waals surface area contributed by atoms with Crippen LogP contribution in [0.5, 0.6) is 11.5 Å². The number of benzene rings is 1. The molecule has 4 heteroatoms. The third-order valence-electron chi connectivity index (χ3n) is 3.03. The van der Waals surface area contributed by atoms with E-state index < -0.39 is 0 Å². The highest BCUT2D eigenvalue weighted by Gasteiger charge is 2.19. The number of nitrogens with two attached hydrogens (primary N) is 1. The monoisotopic (exact) mass is 258 g/mol. The van der Waals surface area contributed by atoms with Gasteiger partial charge in [0.25, 0.3) is 0 Å². The fourth-order valence-electron chi connectivity index (χ4n) is 2.05. The van der Waals surface area contributed by atoms with Gasteiger partial charge >= 0.3 is 0 Å². The van der Waals surface area contributed by atoms with Crippen molar-refractivity contribution < 1.29 is 9.47 Å². The molecule has 0 spiro atoms. The molecule has 1 atom stereocenters. The van der Waals surface area contributed by atoms with Crippen molar-refractivity contribution in [2.24, 2.45) is 5.73 Å². The third kappa shape index (κ3) is 2.69. The maximum atomic E-state index is 6.32. The highest BCUT2D eigenvalue weighted by molar-refractivity contribution is 5.45. The number of nitrogens with zero attached hydrogens (tertiary/aromatic N) is 1. The Labute approximate surface area is 113 Å². The Balaban J connectivity index is 2.49. The summed E-state index contributed by atoms with van der Waals surface area (Å²) in [6, 6.07) is 9.21. The molecule has 0 fully saturated rings. The maximum Gasteiger partial charge on any atom is 0.142 e. The zero-order chi connectivity index (χ0) is 13.8. The van der Waals surface area contributed by atoms with E-state index in [2.05, 4.69) is 4.98 Å². The van der Waals surface area contributed by atoms with Crippen molar-refractivity contribution in [3.05, 3.63) is 53.3 Å². The molecule has 0 saturated heterocycles. The average Bonchev–Trinajstić information content (AvgIpc) is 2.46. The summed E-state index contributed by atoms with van der Waals surface area (Å²) in [5, 5.41) is 0. The molecule has 1 unspecified atom stereocenters. The fraction of sp³-hybridized carbons (Fsp3) is 0.267. The second kappa shape index (κ2) is 5.71. The fourth-order valence-corrected chi connectivity index (χ4v) is 2.05. The minimum Gasteiger partial charge on any atom is -0.496 e. The van der Waals surface area contributed by atoms with Crippen LogP contribution in [0.4, 0.5) is 0 Å². The molecule has 100 valence electrons. The Morgan fingerprint density at radius 2 is 1.84 bits per heavy atom. The molecule has 0 amide bonds. The van der Waals surface area contributed by atoms with Crippen LogP contribution < -0.4 is 15.2 Å². The second-order valence-electron chi connectivity index (χ2n) is 4.31. The van der Waals surface area contributed by atoms with Gasteiger partial charge in [-0.3, -0.25) is 4.98 Å². The van der Waals surface area contributed by atoms with Crippen LogP contribution in [0.2, 0.25) is 0 Å².